The molecule has 1 saturated heterocycles. The number of nitrogens with zero attached hydrogens (tertiary/aromatic N) is 3. The van der Waals surface area contributed by atoms with Gasteiger partial charge in [0.25, 0.3) is 0 Å². The second kappa shape index (κ2) is 6.49. The van der Waals surface area contributed by atoms with Gasteiger partial charge in [-0.3, -0.25) is 0 Å². The Bertz CT molecular complexity index is 831. The second-order valence-electron chi connectivity index (χ2n) is 6.29. The summed E-state index contributed by atoms with van der Waals surface area (Å²) in [6.07, 6.45) is 4.48. The lowest BCUT2D eigenvalue weighted by Crippen LogP contribution is -2.31. The Hall–Kier alpha value is -2.60. The van der Waals surface area contributed by atoms with E-state index in [2.05, 4.69) is 44.1 Å². The topological polar surface area (TPSA) is 80.1 Å². The molecule has 3 N–H and O–H groups in total. The van der Waals surface area contributed by atoms with E-state index in [-0.39, 0.29) is 0 Å². The third kappa shape index (κ3) is 3.19. The van der Waals surface area contributed by atoms with E-state index in [0.29, 0.717) is 18.3 Å². The molecule has 1 aliphatic heterocycles. The van der Waals surface area contributed by atoms with Gasteiger partial charge in [0.2, 0.25) is 0 Å². The second-order valence-corrected chi connectivity index (χ2v) is 6.29. The van der Waals surface area contributed by atoms with Crippen molar-refractivity contribution in [1.82, 2.24) is 15.0 Å². The molecule has 0 radical (unpaired) electrons. The first-order valence-electron chi connectivity index (χ1n) is 8.24. The number of nitrogens with two attached hydrogens (primary N) is 1. The molecule has 3 heterocycles. The van der Waals surface area contributed by atoms with Crippen LogP contribution in [0.25, 0.3) is 10.9 Å². The number of ether oxygens (including phenoxy) is 1. The van der Waals surface area contributed by atoms with E-state index >= 15 is 0 Å². The molecule has 124 valence electrons. The molecule has 0 bridgehead atoms. The molecule has 0 spiro atoms. The van der Waals surface area contributed by atoms with Crippen molar-refractivity contribution in [2.75, 3.05) is 36.9 Å². The first-order valence-corrected chi connectivity index (χ1v) is 8.24. The van der Waals surface area contributed by atoms with Crippen molar-refractivity contribution < 1.29 is 4.74 Å². The number of nitrogens with one attached hydrogen (secondary N) is 1. The minimum Gasteiger partial charge on any atom is -0.384 e. The smallest absolute Gasteiger partial charge is 0.134 e. The highest BCUT2D eigenvalue weighted by molar-refractivity contribution is 5.79. The van der Waals surface area contributed by atoms with Crippen LogP contribution >= 0.6 is 0 Å². The SMILES string of the molecule is Nc1cc(N2CCOC[C@@H](Cc3ccc4[nH]ccc4c3)C2)ncn1. The largest absolute Gasteiger partial charge is 0.384 e. The zero-order valence-corrected chi connectivity index (χ0v) is 13.5. The van der Waals surface area contributed by atoms with Crippen LogP contribution in [-0.4, -0.2) is 41.3 Å². The third-order valence-electron chi connectivity index (χ3n) is 4.48. The van der Waals surface area contributed by atoms with Crippen molar-refractivity contribution in [1.29, 1.82) is 0 Å². The van der Waals surface area contributed by atoms with Crippen LogP contribution in [0.4, 0.5) is 11.6 Å². The van der Waals surface area contributed by atoms with Gasteiger partial charge in [-0.1, -0.05) is 6.07 Å². The highest BCUT2D eigenvalue weighted by atomic mass is 16.5. The molecule has 0 amide bonds. The minimum atomic E-state index is 0.417. The maximum Gasteiger partial charge on any atom is 0.134 e. The Morgan fingerprint density at radius 2 is 2.21 bits per heavy atom. The molecular weight excluding hydrogens is 302 g/mol. The van der Waals surface area contributed by atoms with E-state index < -0.39 is 0 Å². The molecule has 1 fully saturated rings. The number of nitrogen functional groups attached to an aromatic ring is 1. The van der Waals surface area contributed by atoms with Gasteiger partial charge in [0.1, 0.15) is 18.0 Å². The molecule has 4 rings (SSSR count). The molecule has 1 aliphatic rings. The molecule has 1 aromatic carbocycles. The highest BCUT2D eigenvalue weighted by Crippen LogP contribution is 2.21. The van der Waals surface area contributed by atoms with Crippen molar-refractivity contribution in [3.05, 3.63) is 48.4 Å². The van der Waals surface area contributed by atoms with Gasteiger partial charge in [0.05, 0.1) is 13.2 Å². The summed E-state index contributed by atoms with van der Waals surface area (Å²) in [5, 5.41) is 1.25. The number of fused-ring (bicyclic) bond motifs is 1. The van der Waals surface area contributed by atoms with Crippen LogP contribution in [0.1, 0.15) is 5.56 Å². The molecule has 6 nitrogen and oxygen atoms in total. The monoisotopic (exact) mass is 323 g/mol. The first kappa shape index (κ1) is 15.0. The van der Waals surface area contributed by atoms with E-state index in [1.165, 1.54) is 22.8 Å². The molecule has 3 aromatic rings. The van der Waals surface area contributed by atoms with Crippen LogP contribution in [0.3, 0.4) is 0 Å². The van der Waals surface area contributed by atoms with Crippen LogP contribution in [-0.2, 0) is 11.2 Å². The molecule has 6 heteroatoms. The Morgan fingerprint density at radius 3 is 3.12 bits per heavy atom. The van der Waals surface area contributed by atoms with E-state index in [1.807, 2.05) is 12.3 Å². The van der Waals surface area contributed by atoms with Gasteiger partial charge in [-0.2, -0.15) is 0 Å². The number of H-pyrrole nitrogens is 1. The predicted molar refractivity (Wildman–Crippen MR) is 95.0 cm³/mol. The summed E-state index contributed by atoms with van der Waals surface area (Å²) in [7, 11) is 0. The molecule has 24 heavy (non-hydrogen) atoms. The maximum absolute atomic E-state index is 5.81. The summed E-state index contributed by atoms with van der Waals surface area (Å²) in [5.41, 5.74) is 8.30. The average molecular weight is 323 g/mol. The predicted octanol–water partition coefficient (Wildman–Crippen LogP) is 2.24. The number of rotatable bonds is 3. The summed E-state index contributed by atoms with van der Waals surface area (Å²) in [5.74, 6) is 1.79. The van der Waals surface area contributed by atoms with Gasteiger partial charge in [-0.25, -0.2) is 9.97 Å². The number of benzene rings is 1. The lowest BCUT2D eigenvalue weighted by atomic mass is 9.98. The van der Waals surface area contributed by atoms with Crippen molar-refractivity contribution in [3.63, 3.8) is 0 Å². The van der Waals surface area contributed by atoms with Crippen molar-refractivity contribution in [3.8, 4) is 0 Å². The van der Waals surface area contributed by atoms with Crippen LogP contribution in [0, 0.1) is 5.92 Å². The van der Waals surface area contributed by atoms with E-state index in [0.717, 1.165) is 31.9 Å². The number of anilines is 2. The summed E-state index contributed by atoms with van der Waals surface area (Å²) in [6, 6.07) is 10.5. The minimum absolute atomic E-state index is 0.417. The van der Waals surface area contributed by atoms with Gasteiger partial charge in [0.15, 0.2) is 0 Å². The van der Waals surface area contributed by atoms with Crippen LogP contribution in [0.5, 0.6) is 0 Å². The summed E-state index contributed by atoms with van der Waals surface area (Å²) in [4.78, 5) is 13.8. The third-order valence-corrected chi connectivity index (χ3v) is 4.48. The molecule has 0 saturated carbocycles. The lowest BCUT2D eigenvalue weighted by molar-refractivity contribution is 0.123. The maximum atomic E-state index is 5.81. The molecular formula is C18H21N5O. The van der Waals surface area contributed by atoms with Crippen LogP contribution in [0.2, 0.25) is 0 Å². The van der Waals surface area contributed by atoms with E-state index in [4.69, 9.17) is 10.5 Å². The fraction of sp³-hybridized carbons (Fsp3) is 0.333. The normalized spacial score (nSPS) is 18.7. The zero-order chi connectivity index (χ0) is 16.4. The van der Waals surface area contributed by atoms with Gasteiger partial charge >= 0.3 is 0 Å². The highest BCUT2D eigenvalue weighted by Gasteiger charge is 2.20. The van der Waals surface area contributed by atoms with E-state index in [1.54, 1.807) is 0 Å². The van der Waals surface area contributed by atoms with Crippen molar-refractivity contribution in [2.24, 2.45) is 5.92 Å². The summed E-state index contributed by atoms with van der Waals surface area (Å²) >= 11 is 0. The fourth-order valence-corrected chi connectivity index (χ4v) is 3.31. The molecule has 0 aliphatic carbocycles. The Labute approximate surface area is 140 Å². The quantitative estimate of drug-likeness (QED) is 0.772. The number of hydrogen-bond donors (Lipinski definition) is 2. The van der Waals surface area contributed by atoms with Crippen molar-refractivity contribution >= 4 is 22.5 Å². The van der Waals surface area contributed by atoms with Crippen molar-refractivity contribution in [2.45, 2.75) is 6.42 Å². The van der Waals surface area contributed by atoms with E-state index in [9.17, 15) is 0 Å². The molecule has 1 atom stereocenters. The van der Waals surface area contributed by atoms with Gasteiger partial charge in [0, 0.05) is 36.8 Å². The van der Waals surface area contributed by atoms with Gasteiger partial charge in [-0.05, 0) is 35.6 Å². The number of aromatic amines is 1. The lowest BCUT2D eigenvalue weighted by Gasteiger charge is -2.24. The Morgan fingerprint density at radius 1 is 1.25 bits per heavy atom. The first-order chi connectivity index (χ1) is 11.8. The fourth-order valence-electron chi connectivity index (χ4n) is 3.31. The van der Waals surface area contributed by atoms with Gasteiger partial charge in [-0.15, -0.1) is 0 Å². The standard InChI is InChI=1S/C18H21N5O/c19-17-9-18(22-12-21-17)23-5-6-24-11-14(10-23)7-13-1-2-16-15(8-13)3-4-20-16/h1-4,8-9,12,14,20H,5-7,10-11H2,(H2,19,21,22)/t14-/m0/s1. The van der Waals surface area contributed by atoms with Gasteiger partial charge < -0.3 is 20.4 Å². The van der Waals surface area contributed by atoms with Crippen LogP contribution in [0.15, 0.2) is 42.9 Å². The number of hydrogen-bond acceptors (Lipinski definition) is 5. The summed E-state index contributed by atoms with van der Waals surface area (Å²) in [6.45, 7) is 3.20. The zero-order valence-electron chi connectivity index (χ0n) is 13.5. The average Bonchev–Trinajstić information content (AvgIpc) is 2.92. The molecule has 2 aromatic heterocycles. The summed E-state index contributed by atoms with van der Waals surface area (Å²) < 4.78 is 5.81. The molecule has 0 unspecified atom stereocenters. The van der Waals surface area contributed by atoms with Crippen LogP contribution < -0.4 is 10.6 Å². The Kier molecular flexibility index (Phi) is 4.04. The Balaban J connectivity index is 1.51. The number of aromatic nitrogens is 3.